The van der Waals surface area contributed by atoms with Crippen LogP contribution in [0.3, 0.4) is 0 Å². The topological polar surface area (TPSA) is 63.7 Å². The van der Waals surface area contributed by atoms with Crippen LogP contribution < -0.4 is 0 Å². The number of hydrogen-bond acceptors (Lipinski definition) is 4. The van der Waals surface area contributed by atoms with E-state index in [1.165, 1.54) is 24.3 Å². The second-order valence-electron chi connectivity index (χ2n) is 6.58. The average molecular weight is 339 g/mol. The smallest absolute Gasteiger partial charge is 0.396 e. The van der Waals surface area contributed by atoms with Gasteiger partial charge in [-0.2, -0.15) is 13.2 Å². The first-order chi connectivity index (χ1) is 11.2. The number of benzene rings is 1. The van der Waals surface area contributed by atoms with Crippen LogP contribution in [0.1, 0.15) is 33.6 Å². The Bertz CT molecular complexity index is 760. The lowest BCUT2D eigenvalue weighted by Crippen LogP contribution is -2.86. The highest BCUT2D eigenvalue weighted by Gasteiger charge is 2.90. The Morgan fingerprint density at radius 3 is 2.08 bits per heavy atom. The van der Waals surface area contributed by atoms with E-state index >= 15 is 0 Å². The molecule has 8 heteroatoms. The van der Waals surface area contributed by atoms with Crippen LogP contribution >= 0.6 is 0 Å². The molecule has 1 atom stereocenters. The van der Waals surface area contributed by atoms with E-state index in [4.69, 9.17) is 0 Å². The van der Waals surface area contributed by atoms with Crippen molar-refractivity contribution in [1.29, 1.82) is 0 Å². The number of imide groups is 1. The van der Waals surface area contributed by atoms with Crippen molar-refractivity contribution in [3.05, 3.63) is 35.4 Å². The standard InChI is InChI=1S/C16H12F3NO4/c1-24-13(23)14-6-15(7-14,16(17,18)19)12(14)20-10(21)8-4-2-3-5-9(8)11(20)22/h2-5,12H,6-7H2,1H3. The van der Waals surface area contributed by atoms with Crippen LogP contribution in [0.2, 0.25) is 0 Å². The Balaban J connectivity index is 1.79. The van der Waals surface area contributed by atoms with Crippen LogP contribution in [0, 0.1) is 10.8 Å². The van der Waals surface area contributed by atoms with E-state index in [0.717, 1.165) is 7.11 Å². The molecule has 2 bridgehead atoms. The van der Waals surface area contributed by atoms with Crippen LogP contribution in [-0.2, 0) is 9.53 Å². The van der Waals surface area contributed by atoms with E-state index in [-0.39, 0.29) is 11.1 Å². The number of nitrogens with zero attached hydrogens (tertiary/aromatic N) is 1. The SMILES string of the molecule is COC(=O)C12CC(C(F)(F)F)(C1)C2N1C(=O)c2ccccc2C1=O. The molecule has 4 aliphatic rings. The number of amides is 2. The molecule has 0 radical (unpaired) electrons. The fourth-order valence-electron chi connectivity index (χ4n) is 4.48. The molecular weight excluding hydrogens is 327 g/mol. The zero-order chi connectivity index (χ0) is 17.5. The predicted octanol–water partition coefficient (Wildman–Crippen LogP) is 2.17. The quantitative estimate of drug-likeness (QED) is 0.612. The number of esters is 1. The molecule has 1 heterocycles. The van der Waals surface area contributed by atoms with Gasteiger partial charge in [0.1, 0.15) is 0 Å². The molecule has 0 spiro atoms. The van der Waals surface area contributed by atoms with Gasteiger partial charge in [0.25, 0.3) is 11.8 Å². The van der Waals surface area contributed by atoms with Gasteiger partial charge in [-0.05, 0) is 25.0 Å². The molecule has 3 fully saturated rings. The van der Waals surface area contributed by atoms with Crippen molar-refractivity contribution in [2.75, 3.05) is 7.11 Å². The third-order valence-electron chi connectivity index (χ3n) is 5.55. The van der Waals surface area contributed by atoms with Gasteiger partial charge in [-0.1, -0.05) is 12.1 Å². The molecule has 126 valence electrons. The van der Waals surface area contributed by atoms with Crippen LogP contribution in [0.15, 0.2) is 24.3 Å². The van der Waals surface area contributed by atoms with Crippen molar-refractivity contribution < 1.29 is 32.3 Å². The number of halogens is 3. The molecule has 0 N–H and O–H groups in total. The summed E-state index contributed by atoms with van der Waals surface area (Å²) in [5.41, 5.74) is -3.54. The molecule has 1 aromatic carbocycles. The summed E-state index contributed by atoms with van der Waals surface area (Å²) in [6.45, 7) is 0. The van der Waals surface area contributed by atoms with Gasteiger partial charge in [0.15, 0.2) is 0 Å². The number of methoxy groups -OCH3 is 1. The monoisotopic (exact) mass is 339 g/mol. The van der Waals surface area contributed by atoms with Gasteiger partial charge in [-0.3, -0.25) is 19.3 Å². The fraction of sp³-hybridized carbons (Fsp3) is 0.438. The van der Waals surface area contributed by atoms with Gasteiger partial charge in [-0.25, -0.2) is 0 Å². The zero-order valence-corrected chi connectivity index (χ0v) is 12.5. The van der Waals surface area contributed by atoms with Gasteiger partial charge in [0.05, 0.1) is 35.1 Å². The van der Waals surface area contributed by atoms with Gasteiger partial charge in [0.2, 0.25) is 0 Å². The van der Waals surface area contributed by atoms with Crippen molar-refractivity contribution in [2.45, 2.75) is 25.1 Å². The Hall–Kier alpha value is -2.38. The largest absolute Gasteiger partial charge is 0.469 e. The molecule has 0 saturated heterocycles. The normalized spacial score (nSPS) is 33.7. The summed E-state index contributed by atoms with van der Waals surface area (Å²) in [6, 6.07) is 4.32. The molecular formula is C16H12F3NO4. The molecule has 1 aromatic rings. The number of carbonyl (C=O) groups excluding carboxylic acids is 3. The summed E-state index contributed by atoms with van der Waals surface area (Å²) in [4.78, 5) is 37.7. The molecule has 3 aliphatic carbocycles. The van der Waals surface area contributed by atoms with E-state index in [0.29, 0.717) is 4.90 Å². The highest BCUT2D eigenvalue weighted by atomic mass is 19.4. The third kappa shape index (κ3) is 1.40. The number of ether oxygens (including phenoxy) is 1. The van der Waals surface area contributed by atoms with Crippen molar-refractivity contribution in [1.82, 2.24) is 4.90 Å². The maximum Gasteiger partial charge on any atom is 0.396 e. The van der Waals surface area contributed by atoms with Crippen molar-refractivity contribution in [2.24, 2.45) is 10.8 Å². The minimum Gasteiger partial charge on any atom is -0.469 e. The van der Waals surface area contributed by atoms with Crippen molar-refractivity contribution >= 4 is 17.8 Å². The lowest BCUT2D eigenvalue weighted by molar-refractivity contribution is -0.383. The second kappa shape index (κ2) is 4.17. The highest BCUT2D eigenvalue weighted by Crippen LogP contribution is 2.80. The number of alkyl halides is 3. The first kappa shape index (κ1) is 15.2. The van der Waals surface area contributed by atoms with E-state index in [1.54, 1.807) is 0 Å². The molecule has 1 aliphatic heterocycles. The van der Waals surface area contributed by atoms with Gasteiger partial charge < -0.3 is 4.74 Å². The van der Waals surface area contributed by atoms with E-state index in [1.807, 2.05) is 0 Å². The van der Waals surface area contributed by atoms with Crippen LogP contribution in [0.5, 0.6) is 0 Å². The second-order valence-corrected chi connectivity index (χ2v) is 6.58. The predicted molar refractivity (Wildman–Crippen MR) is 72.9 cm³/mol. The zero-order valence-electron chi connectivity index (χ0n) is 12.5. The summed E-state index contributed by atoms with van der Waals surface area (Å²) in [5.74, 6) is -2.39. The molecule has 5 rings (SSSR count). The summed E-state index contributed by atoms with van der Waals surface area (Å²) in [7, 11) is 1.09. The Morgan fingerprint density at radius 2 is 1.67 bits per heavy atom. The van der Waals surface area contributed by atoms with Crippen LogP contribution in [0.25, 0.3) is 0 Å². The maximum absolute atomic E-state index is 13.5. The third-order valence-corrected chi connectivity index (χ3v) is 5.55. The van der Waals surface area contributed by atoms with Crippen molar-refractivity contribution in [3.63, 3.8) is 0 Å². The minimum absolute atomic E-state index is 0.0612. The fourth-order valence-corrected chi connectivity index (χ4v) is 4.48. The van der Waals surface area contributed by atoms with Gasteiger partial charge >= 0.3 is 12.1 Å². The molecule has 1 unspecified atom stereocenters. The maximum atomic E-state index is 13.5. The van der Waals surface area contributed by atoms with E-state index in [9.17, 15) is 27.6 Å². The Kier molecular flexibility index (Phi) is 2.64. The Morgan fingerprint density at radius 1 is 1.17 bits per heavy atom. The Labute approximate surface area is 134 Å². The molecule has 0 aromatic heterocycles. The summed E-state index contributed by atoms with van der Waals surface area (Å²) in [6.07, 6.45) is -5.51. The van der Waals surface area contributed by atoms with Gasteiger partial charge in [-0.15, -0.1) is 0 Å². The number of carbonyl (C=O) groups is 3. The number of rotatable bonds is 2. The van der Waals surface area contributed by atoms with Crippen LogP contribution in [0.4, 0.5) is 13.2 Å². The molecule has 5 nitrogen and oxygen atoms in total. The first-order valence-corrected chi connectivity index (χ1v) is 7.32. The number of hydrogen-bond donors (Lipinski definition) is 0. The molecule has 24 heavy (non-hydrogen) atoms. The van der Waals surface area contributed by atoms with E-state index in [2.05, 4.69) is 4.74 Å². The van der Waals surface area contributed by atoms with Crippen molar-refractivity contribution in [3.8, 4) is 0 Å². The summed E-state index contributed by atoms with van der Waals surface area (Å²) >= 11 is 0. The highest BCUT2D eigenvalue weighted by molar-refractivity contribution is 6.22. The summed E-state index contributed by atoms with van der Waals surface area (Å²) < 4.78 is 45.3. The van der Waals surface area contributed by atoms with Gasteiger partial charge in [0, 0.05) is 0 Å². The summed E-state index contributed by atoms with van der Waals surface area (Å²) in [5, 5.41) is 0. The lowest BCUT2D eigenvalue weighted by Gasteiger charge is -2.74. The first-order valence-electron chi connectivity index (χ1n) is 7.32. The average Bonchev–Trinajstić information content (AvgIpc) is 2.69. The minimum atomic E-state index is -4.61. The van der Waals surface area contributed by atoms with E-state index < -0.39 is 53.7 Å². The molecule has 3 saturated carbocycles. The molecule has 2 amide bonds. The van der Waals surface area contributed by atoms with Crippen LogP contribution in [-0.4, -0.2) is 42.0 Å². The number of fused-ring (bicyclic) bond motifs is 1. The lowest BCUT2D eigenvalue weighted by atomic mass is 9.31.